The molecule has 5 nitrogen and oxygen atoms in total. The van der Waals surface area contributed by atoms with Gasteiger partial charge in [-0.3, -0.25) is 0 Å². The normalized spacial score (nSPS) is 16.2. The Morgan fingerprint density at radius 2 is 2.28 bits per heavy atom. The van der Waals surface area contributed by atoms with Crippen LogP contribution in [0.25, 0.3) is 0 Å². The van der Waals surface area contributed by atoms with E-state index in [-0.39, 0.29) is 0 Å². The zero-order valence-electron chi connectivity index (χ0n) is 10.5. The van der Waals surface area contributed by atoms with Crippen LogP contribution in [0.3, 0.4) is 0 Å². The molecule has 0 aliphatic carbocycles. The molecule has 0 radical (unpaired) electrons. The second-order valence-corrected chi connectivity index (χ2v) is 4.41. The van der Waals surface area contributed by atoms with E-state index < -0.39 is 0 Å². The van der Waals surface area contributed by atoms with Crippen molar-refractivity contribution in [2.24, 2.45) is 0 Å². The van der Waals surface area contributed by atoms with Crippen molar-refractivity contribution in [1.29, 1.82) is 5.26 Å². The van der Waals surface area contributed by atoms with Crippen molar-refractivity contribution in [3.63, 3.8) is 0 Å². The average molecular weight is 245 g/mol. The van der Waals surface area contributed by atoms with E-state index in [1.165, 1.54) is 0 Å². The Morgan fingerprint density at radius 3 is 3.06 bits per heavy atom. The molecule has 0 aromatic carbocycles. The SMILES string of the molecule is N#Cc1cc(NCCCN2CCNCC2)ccn1. The molecule has 0 amide bonds. The number of aromatic nitrogens is 1. The van der Waals surface area contributed by atoms with Crippen molar-refractivity contribution in [2.45, 2.75) is 6.42 Å². The van der Waals surface area contributed by atoms with Crippen LogP contribution in [0.15, 0.2) is 18.3 Å². The van der Waals surface area contributed by atoms with Crippen molar-refractivity contribution >= 4 is 5.69 Å². The summed E-state index contributed by atoms with van der Waals surface area (Å²) in [5, 5.41) is 15.4. The molecular formula is C13H19N5. The van der Waals surface area contributed by atoms with E-state index in [9.17, 15) is 0 Å². The molecule has 2 heterocycles. The molecule has 0 atom stereocenters. The third-order valence-electron chi connectivity index (χ3n) is 3.06. The van der Waals surface area contributed by atoms with E-state index in [1.807, 2.05) is 12.1 Å². The fourth-order valence-electron chi connectivity index (χ4n) is 2.07. The van der Waals surface area contributed by atoms with Crippen molar-refractivity contribution < 1.29 is 0 Å². The quantitative estimate of drug-likeness (QED) is 0.746. The van der Waals surface area contributed by atoms with Gasteiger partial charge in [-0.25, -0.2) is 4.98 Å². The predicted molar refractivity (Wildman–Crippen MR) is 71.4 cm³/mol. The summed E-state index contributed by atoms with van der Waals surface area (Å²) >= 11 is 0. The first-order chi connectivity index (χ1) is 8.88. The minimum atomic E-state index is 0.460. The molecule has 1 aliphatic heterocycles. The zero-order chi connectivity index (χ0) is 12.6. The van der Waals surface area contributed by atoms with E-state index in [2.05, 4.69) is 20.5 Å². The van der Waals surface area contributed by atoms with Crippen molar-refractivity contribution in [1.82, 2.24) is 15.2 Å². The van der Waals surface area contributed by atoms with Gasteiger partial charge in [0.15, 0.2) is 0 Å². The van der Waals surface area contributed by atoms with E-state index >= 15 is 0 Å². The van der Waals surface area contributed by atoms with E-state index in [0.717, 1.165) is 51.4 Å². The molecule has 0 bridgehead atoms. The Balaban J connectivity index is 1.67. The molecule has 2 N–H and O–H groups in total. The lowest BCUT2D eigenvalue weighted by Crippen LogP contribution is -2.44. The van der Waals surface area contributed by atoms with E-state index in [4.69, 9.17) is 5.26 Å². The highest BCUT2D eigenvalue weighted by Gasteiger charge is 2.07. The Bertz CT molecular complexity index is 406. The Hall–Kier alpha value is -1.64. The largest absolute Gasteiger partial charge is 0.385 e. The average Bonchev–Trinajstić information content (AvgIpc) is 2.45. The first kappa shape index (κ1) is 12.8. The van der Waals surface area contributed by atoms with Gasteiger partial charge in [0.05, 0.1) is 0 Å². The smallest absolute Gasteiger partial charge is 0.142 e. The number of rotatable bonds is 5. The Labute approximate surface area is 108 Å². The summed E-state index contributed by atoms with van der Waals surface area (Å²) in [5.41, 5.74) is 1.43. The van der Waals surface area contributed by atoms with Gasteiger partial charge in [0, 0.05) is 44.6 Å². The standard InChI is InChI=1S/C13H19N5/c14-11-13-10-12(2-4-17-13)16-3-1-7-18-8-5-15-6-9-18/h2,4,10,15H,1,3,5-9H2,(H,16,17). The molecule has 0 unspecified atom stereocenters. The molecule has 1 aromatic rings. The maximum Gasteiger partial charge on any atom is 0.142 e. The molecule has 0 spiro atoms. The second kappa shape index (κ2) is 6.94. The number of nitriles is 1. The Kier molecular flexibility index (Phi) is 4.94. The van der Waals surface area contributed by atoms with Gasteiger partial charge in [-0.2, -0.15) is 5.26 Å². The van der Waals surface area contributed by atoms with Gasteiger partial charge in [-0.1, -0.05) is 0 Å². The summed E-state index contributed by atoms with van der Waals surface area (Å²) in [6, 6.07) is 5.72. The molecule has 2 rings (SSSR count). The predicted octanol–water partition coefficient (Wildman–Crippen LogP) is 0.660. The summed E-state index contributed by atoms with van der Waals surface area (Å²) in [4.78, 5) is 6.42. The highest BCUT2D eigenvalue weighted by molar-refractivity contribution is 5.45. The molecule has 0 saturated carbocycles. The molecule has 96 valence electrons. The van der Waals surface area contributed by atoms with Gasteiger partial charge in [0.25, 0.3) is 0 Å². The summed E-state index contributed by atoms with van der Waals surface area (Å²) in [6.45, 7) is 6.55. The maximum absolute atomic E-state index is 8.75. The first-order valence-electron chi connectivity index (χ1n) is 6.41. The first-order valence-corrected chi connectivity index (χ1v) is 6.41. The van der Waals surface area contributed by atoms with Gasteiger partial charge < -0.3 is 15.5 Å². The number of hydrogen-bond acceptors (Lipinski definition) is 5. The summed E-state index contributed by atoms with van der Waals surface area (Å²) in [5.74, 6) is 0. The van der Waals surface area contributed by atoms with Gasteiger partial charge in [0.1, 0.15) is 11.8 Å². The Morgan fingerprint density at radius 1 is 1.44 bits per heavy atom. The van der Waals surface area contributed by atoms with E-state index in [0.29, 0.717) is 5.69 Å². The minimum Gasteiger partial charge on any atom is -0.385 e. The molecular weight excluding hydrogens is 226 g/mol. The van der Waals surface area contributed by atoms with Crippen molar-refractivity contribution in [2.75, 3.05) is 44.6 Å². The van der Waals surface area contributed by atoms with Crippen LogP contribution in [0, 0.1) is 11.3 Å². The van der Waals surface area contributed by atoms with Crippen LogP contribution in [0.4, 0.5) is 5.69 Å². The zero-order valence-corrected chi connectivity index (χ0v) is 10.5. The number of nitrogens with zero attached hydrogens (tertiary/aromatic N) is 3. The van der Waals surface area contributed by atoms with Crippen LogP contribution in [0.2, 0.25) is 0 Å². The van der Waals surface area contributed by atoms with Gasteiger partial charge in [-0.15, -0.1) is 0 Å². The number of pyridine rings is 1. The van der Waals surface area contributed by atoms with Crippen LogP contribution in [-0.2, 0) is 0 Å². The van der Waals surface area contributed by atoms with Crippen LogP contribution in [-0.4, -0.2) is 49.2 Å². The third kappa shape index (κ3) is 3.99. The minimum absolute atomic E-state index is 0.460. The van der Waals surface area contributed by atoms with Crippen molar-refractivity contribution in [3.8, 4) is 6.07 Å². The van der Waals surface area contributed by atoms with Crippen molar-refractivity contribution in [3.05, 3.63) is 24.0 Å². The fourth-order valence-corrected chi connectivity index (χ4v) is 2.07. The second-order valence-electron chi connectivity index (χ2n) is 4.41. The maximum atomic E-state index is 8.75. The van der Waals surface area contributed by atoms with Crippen LogP contribution >= 0.6 is 0 Å². The highest BCUT2D eigenvalue weighted by atomic mass is 15.2. The van der Waals surface area contributed by atoms with Crippen LogP contribution in [0.5, 0.6) is 0 Å². The van der Waals surface area contributed by atoms with Crippen LogP contribution in [0.1, 0.15) is 12.1 Å². The number of hydrogen-bond donors (Lipinski definition) is 2. The summed E-state index contributed by atoms with van der Waals surface area (Å²) in [7, 11) is 0. The summed E-state index contributed by atoms with van der Waals surface area (Å²) in [6.07, 6.45) is 2.78. The lowest BCUT2D eigenvalue weighted by Gasteiger charge is -2.27. The number of piperazine rings is 1. The third-order valence-corrected chi connectivity index (χ3v) is 3.06. The molecule has 1 saturated heterocycles. The molecule has 1 fully saturated rings. The molecule has 5 heteroatoms. The monoisotopic (exact) mass is 245 g/mol. The topological polar surface area (TPSA) is 64.0 Å². The highest BCUT2D eigenvalue weighted by Crippen LogP contribution is 2.07. The number of anilines is 1. The lowest BCUT2D eigenvalue weighted by molar-refractivity contribution is 0.240. The van der Waals surface area contributed by atoms with Crippen LogP contribution < -0.4 is 10.6 Å². The van der Waals surface area contributed by atoms with Gasteiger partial charge >= 0.3 is 0 Å². The molecule has 18 heavy (non-hydrogen) atoms. The van der Waals surface area contributed by atoms with Gasteiger partial charge in [-0.05, 0) is 25.1 Å². The molecule has 1 aromatic heterocycles. The lowest BCUT2D eigenvalue weighted by atomic mass is 10.3. The van der Waals surface area contributed by atoms with Gasteiger partial charge in [0.2, 0.25) is 0 Å². The molecule has 1 aliphatic rings. The van der Waals surface area contributed by atoms with E-state index in [1.54, 1.807) is 12.3 Å². The fraction of sp³-hybridized carbons (Fsp3) is 0.538. The number of nitrogens with one attached hydrogen (secondary N) is 2. The summed E-state index contributed by atoms with van der Waals surface area (Å²) < 4.78 is 0.